The molecule has 3 aliphatic heterocycles. The van der Waals surface area contributed by atoms with E-state index in [1.807, 2.05) is 0 Å². The van der Waals surface area contributed by atoms with Crippen LogP contribution in [0.5, 0.6) is 17.2 Å². The predicted octanol–water partition coefficient (Wildman–Crippen LogP) is 1.97. The van der Waals surface area contributed by atoms with Gasteiger partial charge in [-0.25, -0.2) is 4.90 Å². The number of imide groups is 1. The summed E-state index contributed by atoms with van der Waals surface area (Å²) in [6.45, 7) is 0.191. The van der Waals surface area contributed by atoms with Crippen molar-refractivity contribution in [3.63, 3.8) is 0 Å². The smallest absolute Gasteiger partial charge is 0.263 e. The quantitative estimate of drug-likeness (QED) is 0.537. The van der Waals surface area contributed by atoms with Gasteiger partial charge >= 0.3 is 0 Å². The Kier molecular flexibility index (Phi) is 4.25. The first-order chi connectivity index (χ1) is 16.1. The third kappa shape index (κ3) is 3.06. The van der Waals surface area contributed by atoms with Gasteiger partial charge < -0.3 is 18.7 Å². The summed E-state index contributed by atoms with van der Waals surface area (Å²) in [6, 6.07) is 10.2. The van der Waals surface area contributed by atoms with Crippen molar-refractivity contribution in [2.75, 3.05) is 18.8 Å². The SMILES string of the molecule is COc1ccc(N2C(=O)C3N=NN(Cc4nc(-c5ccc6c(c5)OCO6)no4)C3C2=O)cc1. The van der Waals surface area contributed by atoms with Crippen LogP contribution in [-0.2, 0) is 16.1 Å². The molecule has 0 radical (unpaired) electrons. The number of amides is 2. The van der Waals surface area contributed by atoms with E-state index in [1.165, 1.54) is 5.01 Å². The molecule has 2 amide bonds. The van der Waals surface area contributed by atoms with Crippen molar-refractivity contribution in [2.45, 2.75) is 18.6 Å². The minimum absolute atomic E-state index is 0.0255. The highest BCUT2D eigenvalue weighted by Crippen LogP contribution is 2.36. The third-order valence-corrected chi connectivity index (χ3v) is 5.58. The first kappa shape index (κ1) is 19.2. The summed E-state index contributed by atoms with van der Waals surface area (Å²) in [5.41, 5.74) is 1.13. The monoisotopic (exact) mass is 448 g/mol. The Morgan fingerprint density at radius 2 is 1.88 bits per heavy atom. The molecule has 2 aromatic carbocycles. The van der Waals surface area contributed by atoms with E-state index in [0.29, 0.717) is 34.3 Å². The third-order valence-electron chi connectivity index (χ3n) is 5.58. The second-order valence-electron chi connectivity index (χ2n) is 7.48. The minimum atomic E-state index is -0.921. The van der Waals surface area contributed by atoms with Gasteiger partial charge in [0.25, 0.3) is 11.8 Å². The van der Waals surface area contributed by atoms with Crippen molar-refractivity contribution in [2.24, 2.45) is 10.3 Å². The Hall–Kier alpha value is -4.48. The molecule has 3 aromatic rings. The largest absolute Gasteiger partial charge is 0.497 e. The molecule has 0 spiro atoms. The van der Waals surface area contributed by atoms with Crippen LogP contribution >= 0.6 is 0 Å². The van der Waals surface area contributed by atoms with Gasteiger partial charge in [-0.1, -0.05) is 10.4 Å². The first-order valence-electron chi connectivity index (χ1n) is 10.0. The Morgan fingerprint density at radius 1 is 1.06 bits per heavy atom. The van der Waals surface area contributed by atoms with Gasteiger partial charge in [-0.3, -0.25) is 14.6 Å². The standard InChI is InChI=1S/C21H16N6O6/c1-30-13-5-3-12(4-6-13)27-20(28)17-18(21(27)29)26(25-23-17)9-16-22-19(24-33-16)11-2-7-14-15(8-11)32-10-31-14/h2-8,17-18H,9-10H2,1H3. The highest BCUT2D eigenvalue weighted by molar-refractivity contribution is 6.25. The van der Waals surface area contributed by atoms with Gasteiger partial charge in [0, 0.05) is 5.56 Å². The Balaban J connectivity index is 1.21. The molecule has 1 saturated heterocycles. The summed E-state index contributed by atoms with van der Waals surface area (Å²) in [6.07, 6.45) is 0. The molecular formula is C21H16N6O6. The van der Waals surface area contributed by atoms with Gasteiger partial charge in [-0.15, -0.1) is 0 Å². The van der Waals surface area contributed by atoms with E-state index in [0.717, 1.165) is 4.90 Å². The van der Waals surface area contributed by atoms with E-state index in [1.54, 1.807) is 49.6 Å². The summed E-state index contributed by atoms with van der Waals surface area (Å²) in [5, 5.41) is 13.4. The van der Waals surface area contributed by atoms with Crippen LogP contribution in [0.3, 0.4) is 0 Å². The molecule has 0 saturated carbocycles. The average Bonchev–Trinajstić information content (AvgIpc) is 3.61. The molecule has 1 fully saturated rings. The first-order valence-corrected chi connectivity index (χ1v) is 10.0. The summed E-state index contributed by atoms with van der Waals surface area (Å²) >= 11 is 0. The molecule has 4 heterocycles. The van der Waals surface area contributed by atoms with E-state index >= 15 is 0 Å². The van der Waals surface area contributed by atoms with E-state index < -0.39 is 23.9 Å². The lowest BCUT2D eigenvalue weighted by Crippen LogP contribution is -2.39. The van der Waals surface area contributed by atoms with Crippen molar-refractivity contribution in [1.82, 2.24) is 15.1 Å². The van der Waals surface area contributed by atoms with E-state index in [2.05, 4.69) is 20.5 Å². The fourth-order valence-corrected chi connectivity index (χ4v) is 3.95. The minimum Gasteiger partial charge on any atom is -0.497 e. The number of hydrogen-bond acceptors (Lipinski definition) is 11. The van der Waals surface area contributed by atoms with Crippen LogP contribution in [0.2, 0.25) is 0 Å². The number of nitrogens with zero attached hydrogens (tertiary/aromatic N) is 6. The van der Waals surface area contributed by atoms with Crippen LogP contribution in [0.25, 0.3) is 11.4 Å². The normalized spacial score (nSPS) is 20.6. The van der Waals surface area contributed by atoms with Crippen LogP contribution in [0.15, 0.2) is 57.3 Å². The zero-order valence-electron chi connectivity index (χ0n) is 17.2. The van der Waals surface area contributed by atoms with Gasteiger partial charge in [-0.2, -0.15) is 10.1 Å². The van der Waals surface area contributed by atoms with Crippen LogP contribution in [0.1, 0.15) is 5.89 Å². The number of hydrogen-bond donors (Lipinski definition) is 0. The summed E-state index contributed by atoms with van der Waals surface area (Å²) < 4.78 is 21.2. The van der Waals surface area contributed by atoms with Crippen molar-refractivity contribution in [1.29, 1.82) is 0 Å². The van der Waals surface area contributed by atoms with Crippen molar-refractivity contribution >= 4 is 17.5 Å². The molecule has 166 valence electrons. The Labute approximate surface area is 186 Å². The van der Waals surface area contributed by atoms with Gasteiger partial charge in [0.05, 0.1) is 12.8 Å². The maximum Gasteiger partial charge on any atom is 0.263 e. The van der Waals surface area contributed by atoms with Crippen LogP contribution in [0, 0.1) is 0 Å². The number of rotatable bonds is 5. The second-order valence-corrected chi connectivity index (χ2v) is 7.48. The summed E-state index contributed by atoms with van der Waals surface area (Å²) in [4.78, 5) is 31.5. The van der Waals surface area contributed by atoms with E-state index in [-0.39, 0.29) is 19.2 Å². The average molecular weight is 448 g/mol. The molecule has 0 N–H and O–H groups in total. The summed E-state index contributed by atoms with van der Waals surface area (Å²) in [7, 11) is 1.54. The van der Waals surface area contributed by atoms with Crippen molar-refractivity contribution in [3.8, 4) is 28.6 Å². The zero-order valence-corrected chi connectivity index (χ0v) is 17.2. The molecule has 0 bridgehead atoms. The lowest BCUT2D eigenvalue weighted by Gasteiger charge is -2.19. The van der Waals surface area contributed by atoms with Crippen LogP contribution in [-0.4, -0.2) is 53.0 Å². The second kappa shape index (κ2) is 7.29. The molecule has 6 rings (SSSR count). The molecule has 2 unspecified atom stereocenters. The van der Waals surface area contributed by atoms with Crippen molar-refractivity contribution < 1.29 is 28.3 Å². The number of ether oxygens (including phenoxy) is 3. The highest BCUT2D eigenvalue weighted by Gasteiger charge is 2.55. The van der Waals surface area contributed by atoms with Gasteiger partial charge in [0.15, 0.2) is 23.6 Å². The number of benzene rings is 2. The van der Waals surface area contributed by atoms with E-state index in [4.69, 9.17) is 18.7 Å². The Bertz CT molecular complexity index is 1290. The molecule has 33 heavy (non-hydrogen) atoms. The lowest BCUT2D eigenvalue weighted by atomic mass is 10.1. The van der Waals surface area contributed by atoms with Gasteiger partial charge in [0.2, 0.25) is 18.5 Å². The number of anilines is 1. The number of carbonyl (C=O) groups excluding carboxylic acids is 2. The number of aromatic nitrogens is 2. The number of carbonyl (C=O) groups is 2. The summed E-state index contributed by atoms with van der Waals surface area (Å²) in [5.74, 6) is 1.59. The van der Waals surface area contributed by atoms with Crippen LogP contribution < -0.4 is 19.1 Å². The van der Waals surface area contributed by atoms with Crippen LogP contribution in [0.4, 0.5) is 5.69 Å². The molecule has 12 nitrogen and oxygen atoms in total. The fraction of sp³-hybridized carbons (Fsp3) is 0.238. The fourth-order valence-electron chi connectivity index (χ4n) is 3.95. The van der Waals surface area contributed by atoms with Gasteiger partial charge in [-0.05, 0) is 42.5 Å². The van der Waals surface area contributed by atoms with Gasteiger partial charge in [0.1, 0.15) is 12.3 Å². The molecule has 1 aromatic heterocycles. The maximum absolute atomic E-state index is 13.1. The predicted molar refractivity (Wildman–Crippen MR) is 109 cm³/mol. The van der Waals surface area contributed by atoms with E-state index in [9.17, 15) is 9.59 Å². The maximum atomic E-state index is 13.1. The topological polar surface area (TPSA) is 132 Å². The number of methoxy groups -OCH3 is 1. The molecule has 12 heteroatoms. The lowest BCUT2D eigenvalue weighted by molar-refractivity contribution is -0.123. The molecular weight excluding hydrogens is 432 g/mol. The Morgan fingerprint density at radius 3 is 2.70 bits per heavy atom. The zero-order chi connectivity index (χ0) is 22.5. The molecule has 0 aliphatic carbocycles. The number of fused-ring (bicyclic) bond motifs is 2. The highest BCUT2D eigenvalue weighted by atomic mass is 16.7. The molecule has 2 atom stereocenters. The van der Waals surface area contributed by atoms with Crippen molar-refractivity contribution in [3.05, 3.63) is 48.4 Å². The molecule has 3 aliphatic rings.